The van der Waals surface area contributed by atoms with Crippen molar-refractivity contribution in [2.24, 2.45) is 5.73 Å². The number of phosphoric ester groups is 1. The number of unbranched alkanes of at least 4 members (excludes halogenated alkanes) is 47. The summed E-state index contributed by atoms with van der Waals surface area (Å²) in [6.45, 7) is 3.68. The Kier molecular flexibility index (Phi) is 63.9. The lowest BCUT2D eigenvalue weighted by Crippen LogP contribution is -2.29. The molecule has 0 amide bonds. The minimum atomic E-state index is -4.39. The second-order valence-corrected chi connectivity index (χ2v) is 24.8. The molecule has 0 bridgehead atoms. The summed E-state index contributed by atoms with van der Waals surface area (Å²) in [5.74, 6) is -0.824. The molecule has 0 saturated heterocycles. The van der Waals surface area contributed by atoms with E-state index in [4.69, 9.17) is 24.3 Å². The number of nitrogens with two attached hydrogens (primary N) is 1. The standard InChI is InChI=1S/C69H132NO8P/c1-3-5-7-9-11-13-15-17-19-21-22-23-24-25-26-27-28-29-30-31-32-33-34-35-36-37-38-39-40-41-42-43-44-46-47-49-51-53-55-57-59-61-68(71)75-65-67(66-77-79(73,74)76-64-63-70)78-69(72)62-60-58-56-54-52-50-48-45-20-18-16-14-12-10-8-6-4-2/h6,8,12,14,18,20,67H,3-5,7,9-11,13,15-17,19,21-66,70H2,1-2H3,(H,73,74)/b8-6-,14-12-,20-18-. The molecule has 0 aromatic heterocycles. The van der Waals surface area contributed by atoms with E-state index in [1.54, 1.807) is 0 Å². The van der Waals surface area contributed by atoms with Crippen molar-refractivity contribution >= 4 is 19.8 Å². The Morgan fingerprint density at radius 3 is 1.04 bits per heavy atom. The summed E-state index contributed by atoms with van der Waals surface area (Å²) < 4.78 is 33.1. The van der Waals surface area contributed by atoms with E-state index in [0.29, 0.717) is 6.42 Å². The molecular formula is C69H132NO8P. The van der Waals surface area contributed by atoms with Crippen LogP contribution in [0.4, 0.5) is 0 Å². The fourth-order valence-electron chi connectivity index (χ4n) is 10.5. The van der Waals surface area contributed by atoms with Crippen molar-refractivity contribution in [1.29, 1.82) is 0 Å². The normalized spacial score (nSPS) is 13.1. The van der Waals surface area contributed by atoms with E-state index in [9.17, 15) is 19.0 Å². The molecule has 0 spiro atoms. The van der Waals surface area contributed by atoms with Crippen LogP contribution in [0, 0.1) is 0 Å². The van der Waals surface area contributed by atoms with Gasteiger partial charge in [0.25, 0.3) is 0 Å². The van der Waals surface area contributed by atoms with Crippen LogP contribution in [0.1, 0.15) is 361 Å². The molecule has 3 N–H and O–H groups in total. The van der Waals surface area contributed by atoms with Gasteiger partial charge < -0.3 is 20.1 Å². The molecule has 0 aromatic carbocycles. The molecule has 0 fully saturated rings. The summed E-state index contributed by atoms with van der Waals surface area (Å²) >= 11 is 0. The number of allylic oxidation sites excluding steroid dienone is 6. The van der Waals surface area contributed by atoms with E-state index in [1.165, 1.54) is 263 Å². The number of rotatable bonds is 66. The maximum absolute atomic E-state index is 12.7. The average molecular weight is 1130 g/mol. The first-order valence-electron chi connectivity index (χ1n) is 34.5. The Labute approximate surface area is 490 Å². The molecular weight excluding hydrogens is 1000 g/mol. The predicted octanol–water partition coefficient (Wildman–Crippen LogP) is 22.3. The lowest BCUT2D eigenvalue weighted by atomic mass is 10.0. The Balaban J connectivity index is 3.69. The van der Waals surface area contributed by atoms with Gasteiger partial charge >= 0.3 is 19.8 Å². The fraction of sp³-hybridized carbons (Fsp3) is 0.884. The number of carbonyl (C=O) groups excluding carboxylic acids is 2. The SMILES string of the molecule is CC/C=C\C/C=C\C/C=C\CCCCCCCCCC(=O)OC(COC(=O)CCCCCCCCCCCCCCCCCCCCCCCCCCCCCCCCCCCCCCCCCCC)COP(=O)(O)OCCN. The Morgan fingerprint density at radius 2 is 0.696 bits per heavy atom. The Morgan fingerprint density at radius 1 is 0.392 bits per heavy atom. The van der Waals surface area contributed by atoms with Crippen molar-refractivity contribution in [1.82, 2.24) is 0 Å². The topological polar surface area (TPSA) is 134 Å². The van der Waals surface area contributed by atoms with Crippen LogP contribution in [0.25, 0.3) is 0 Å². The third-order valence-corrected chi connectivity index (χ3v) is 16.5. The van der Waals surface area contributed by atoms with Crippen molar-refractivity contribution in [3.05, 3.63) is 36.5 Å². The molecule has 0 aromatic rings. The van der Waals surface area contributed by atoms with Crippen LogP contribution < -0.4 is 5.73 Å². The van der Waals surface area contributed by atoms with Crippen molar-refractivity contribution < 1.29 is 37.6 Å². The minimum Gasteiger partial charge on any atom is -0.462 e. The lowest BCUT2D eigenvalue weighted by molar-refractivity contribution is -0.161. The van der Waals surface area contributed by atoms with Crippen LogP contribution >= 0.6 is 7.82 Å². The third-order valence-electron chi connectivity index (χ3n) is 15.5. The molecule has 0 heterocycles. The second kappa shape index (κ2) is 65.4. The molecule has 0 aliphatic heterocycles. The number of hydrogen-bond donors (Lipinski definition) is 2. The van der Waals surface area contributed by atoms with Crippen LogP contribution in [-0.4, -0.2) is 49.3 Å². The first kappa shape index (κ1) is 77.2. The maximum Gasteiger partial charge on any atom is 0.472 e. The number of ether oxygens (including phenoxy) is 2. The Hall–Kier alpha value is -1.77. The summed E-state index contributed by atoms with van der Waals surface area (Å²) in [7, 11) is -4.39. The van der Waals surface area contributed by atoms with Crippen LogP contribution in [0.2, 0.25) is 0 Å². The highest BCUT2D eigenvalue weighted by Crippen LogP contribution is 2.43. The zero-order valence-corrected chi connectivity index (χ0v) is 53.3. The van der Waals surface area contributed by atoms with E-state index in [-0.39, 0.29) is 38.6 Å². The zero-order chi connectivity index (χ0) is 57.3. The quantitative estimate of drug-likeness (QED) is 0.0264. The van der Waals surface area contributed by atoms with Gasteiger partial charge in [0.15, 0.2) is 6.10 Å². The van der Waals surface area contributed by atoms with E-state index >= 15 is 0 Å². The highest BCUT2D eigenvalue weighted by atomic mass is 31.2. The molecule has 0 aliphatic rings. The molecule has 2 atom stereocenters. The summed E-state index contributed by atoms with van der Waals surface area (Å²) in [6, 6.07) is 0. The lowest BCUT2D eigenvalue weighted by Gasteiger charge is -2.19. The second-order valence-electron chi connectivity index (χ2n) is 23.4. The summed E-state index contributed by atoms with van der Waals surface area (Å²) in [5, 5.41) is 0. The molecule has 2 unspecified atom stereocenters. The van der Waals surface area contributed by atoms with E-state index in [2.05, 4.69) is 50.3 Å². The third kappa shape index (κ3) is 65.3. The van der Waals surface area contributed by atoms with Gasteiger partial charge in [-0.15, -0.1) is 0 Å². The van der Waals surface area contributed by atoms with Gasteiger partial charge in [0, 0.05) is 19.4 Å². The molecule has 0 radical (unpaired) electrons. The number of carbonyl (C=O) groups is 2. The molecule has 0 rings (SSSR count). The van der Waals surface area contributed by atoms with Gasteiger partial charge in [0.1, 0.15) is 6.61 Å². The van der Waals surface area contributed by atoms with E-state index in [1.807, 2.05) is 0 Å². The van der Waals surface area contributed by atoms with Gasteiger partial charge in [0.05, 0.1) is 13.2 Å². The largest absolute Gasteiger partial charge is 0.472 e. The fourth-order valence-corrected chi connectivity index (χ4v) is 11.2. The Bertz CT molecular complexity index is 1390. The van der Waals surface area contributed by atoms with Gasteiger partial charge in [-0.05, 0) is 44.9 Å². The van der Waals surface area contributed by atoms with Crippen molar-refractivity contribution in [3.8, 4) is 0 Å². The maximum atomic E-state index is 12.7. The van der Waals surface area contributed by atoms with Crippen molar-refractivity contribution in [2.45, 2.75) is 367 Å². The first-order valence-corrected chi connectivity index (χ1v) is 36.0. The van der Waals surface area contributed by atoms with Gasteiger partial charge in [-0.3, -0.25) is 18.6 Å². The van der Waals surface area contributed by atoms with E-state index in [0.717, 1.165) is 64.2 Å². The first-order chi connectivity index (χ1) is 38.8. The molecule has 466 valence electrons. The molecule has 0 saturated carbocycles. The monoisotopic (exact) mass is 1130 g/mol. The summed E-state index contributed by atoms with van der Waals surface area (Å²) in [4.78, 5) is 35.2. The molecule has 10 heteroatoms. The number of hydrogen-bond acceptors (Lipinski definition) is 8. The van der Waals surface area contributed by atoms with Crippen molar-refractivity contribution in [2.75, 3.05) is 26.4 Å². The smallest absolute Gasteiger partial charge is 0.462 e. The van der Waals surface area contributed by atoms with Crippen LogP contribution in [0.15, 0.2) is 36.5 Å². The molecule has 0 aliphatic carbocycles. The van der Waals surface area contributed by atoms with Gasteiger partial charge in [0.2, 0.25) is 0 Å². The van der Waals surface area contributed by atoms with Crippen LogP contribution in [-0.2, 0) is 32.7 Å². The van der Waals surface area contributed by atoms with E-state index < -0.39 is 26.5 Å². The van der Waals surface area contributed by atoms with Gasteiger partial charge in [-0.1, -0.05) is 339 Å². The highest BCUT2D eigenvalue weighted by molar-refractivity contribution is 7.47. The van der Waals surface area contributed by atoms with Crippen molar-refractivity contribution in [3.63, 3.8) is 0 Å². The predicted molar refractivity (Wildman–Crippen MR) is 340 cm³/mol. The van der Waals surface area contributed by atoms with Crippen LogP contribution in [0.5, 0.6) is 0 Å². The average Bonchev–Trinajstić information content (AvgIpc) is 3.44. The zero-order valence-electron chi connectivity index (χ0n) is 52.4. The van der Waals surface area contributed by atoms with Gasteiger partial charge in [-0.2, -0.15) is 0 Å². The molecule has 9 nitrogen and oxygen atoms in total. The number of esters is 2. The highest BCUT2D eigenvalue weighted by Gasteiger charge is 2.26. The minimum absolute atomic E-state index is 0.0525. The van der Waals surface area contributed by atoms with Crippen LogP contribution in [0.3, 0.4) is 0 Å². The number of phosphoric acid groups is 1. The summed E-state index contributed by atoms with van der Waals surface area (Å²) in [6.07, 6.45) is 81.3. The summed E-state index contributed by atoms with van der Waals surface area (Å²) in [5.41, 5.74) is 5.39. The van der Waals surface area contributed by atoms with Gasteiger partial charge in [-0.25, -0.2) is 4.57 Å². The molecule has 79 heavy (non-hydrogen) atoms.